The third-order valence-electron chi connectivity index (χ3n) is 6.87. The molecule has 35 heavy (non-hydrogen) atoms. The number of benzene rings is 2. The highest BCUT2D eigenvalue weighted by Gasteiger charge is 2.33. The van der Waals surface area contributed by atoms with Crippen LogP contribution in [0.25, 0.3) is 0 Å². The van der Waals surface area contributed by atoms with Crippen molar-refractivity contribution in [3.63, 3.8) is 0 Å². The largest absolute Gasteiger partial charge is 0.416 e. The van der Waals surface area contributed by atoms with Gasteiger partial charge < -0.3 is 15.1 Å². The quantitative estimate of drug-likeness (QED) is 0.554. The lowest BCUT2D eigenvalue weighted by atomic mass is 9.94. The van der Waals surface area contributed by atoms with Crippen molar-refractivity contribution in [1.82, 2.24) is 20.0 Å². The second-order valence-electron chi connectivity index (χ2n) is 10.0. The van der Waals surface area contributed by atoms with E-state index in [0.717, 1.165) is 37.1 Å². The summed E-state index contributed by atoms with van der Waals surface area (Å²) >= 11 is 0. The van der Waals surface area contributed by atoms with E-state index in [9.17, 15) is 18.0 Å². The maximum Gasteiger partial charge on any atom is 0.416 e. The molecule has 1 heterocycles. The Bertz CT molecular complexity index is 1020. The van der Waals surface area contributed by atoms with Crippen LogP contribution in [-0.2, 0) is 32.2 Å². The molecule has 1 aliphatic heterocycles. The Morgan fingerprint density at radius 1 is 1.06 bits per heavy atom. The molecule has 0 spiro atoms. The zero-order valence-electron chi connectivity index (χ0n) is 20.6. The second-order valence-corrected chi connectivity index (χ2v) is 10.0. The van der Waals surface area contributed by atoms with Gasteiger partial charge >= 0.3 is 12.2 Å². The molecular formula is C27H35F3N4O. The first-order valence-electron chi connectivity index (χ1n) is 12.4. The molecule has 2 aromatic carbocycles. The van der Waals surface area contributed by atoms with Crippen LogP contribution in [0.15, 0.2) is 42.5 Å². The van der Waals surface area contributed by atoms with Gasteiger partial charge in [-0.15, -0.1) is 0 Å². The summed E-state index contributed by atoms with van der Waals surface area (Å²) in [7, 11) is 3.75. The number of carbonyl (C=O) groups excluding carboxylic acids is 1. The van der Waals surface area contributed by atoms with Gasteiger partial charge in [0.05, 0.1) is 5.56 Å². The number of carbonyl (C=O) groups is 1. The molecule has 0 aromatic heterocycles. The van der Waals surface area contributed by atoms with E-state index in [1.807, 2.05) is 31.1 Å². The first kappa shape index (κ1) is 25.5. The first-order chi connectivity index (χ1) is 16.7. The van der Waals surface area contributed by atoms with Crippen molar-refractivity contribution in [1.29, 1.82) is 0 Å². The molecule has 2 aromatic rings. The van der Waals surface area contributed by atoms with Crippen molar-refractivity contribution in [3.8, 4) is 0 Å². The van der Waals surface area contributed by atoms with E-state index in [1.165, 1.54) is 47.5 Å². The number of hydrogen-bond donors (Lipinski definition) is 1. The molecule has 0 saturated heterocycles. The topological polar surface area (TPSA) is 38.8 Å². The fourth-order valence-corrected chi connectivity index (χ4v) is 4.73. The van der Waals surface area contributed by atoms with Gasteiger partial charge in [-0.05, 0) is 67.6 Å². The first-order valence-corrected chi connectivity index (χ1v) is 12.4. The van der Waals surface area contributed by atoms with Crippen LogP contribution in [0.3, 0.4) is 0 Å². The Morgan fingerprint density at radius 3 is 2.51 bits per heavy atom. The van der Waals surface area contributed by atoms with Gasteiger partial charge in [0.25, 0.3) is 0 Å². The van der Waals surface area contributed by atoms with E-state index in [1.54, 1.807) is 6.07 Å². The maximum absolute atomic E-state index is 13.5. The van der Waals surface area contributed by atoms with E-state index in [0.29, 0.717) is 19.6 Å². The van der Waals surface area contributed by atoms with Crippen molar-refractivity contribution < 1.29 is 18.0 Å². The van der Waals surface area contributed by atoms with E-state index in [2.05, 4.69) is 16.3 Å². The van der Waals surface area contributed by atoms with Crippen LogP contribution < -0.4 is 5.32 Å². The number of nitrogens with zero attached hydrogens (tertiary/aromatic N) is 3. The summed E-state index contributed by atoms with van der Waals surface area (Å²) in [5.74, 6) is 0.856. The fourth-order valence-electron chi connectivity index (χ4n) is 4.73. The van der Waals surface area contributed by atoms with Gasteiger partial charge in [-0.2, -0.15) is 13.2 Å². The van der Waals surface area contributed by atoms with Crippen LogP contribution in [0, 0.1) is 5.92 Å². The van der Waals surface area contributed by atoms with Crippen LogP contribution >= 0.6 is 0 Å². The monoisotopic (exact) mass is 488 g/mol. The lowest BCUT2D eigenvalue weighted by Gasteiger charge is -2.30. The lowest BCUT2D eigenvalue weighted by molar-refractivity contribution is -0.138. The van der Waals surface area contributed by atoms with Crippen molar-refractivity contribution in [3.05, 3.63) is 70.3 Å². The van der Waals surface area contributed by atoms with E-state index in [-0.39, 0.29) is 18.1 Å². The maximum atomic E-state index is 13.5. The second kappa shape index (κ2) is 11.0. The van der Waals surface area contributed by atoms with Gasteiger partial charge in [0, 0.05) is 45.8 Å². The highest BCUT2D eigenvalue weighted by molar-refractivity contribution is 5.74. The van der Waals surface area contributed by atoms with E-state index < -0.39 is 11.7 Å². The number of likely N-dealkylation sites (N-methyl/N-ethyl adjacent to an activating group) is 1. The zero-order chi connectivity index (χ0) is 25.0. The molecule has 0 bridgehead atoms. The number of hydrogen-bond acceptors (Lipinski definition) is 3. The van der Waals surface area contributed by atoms with Crippen molar-refractivity contribution in [2.75, 3.05) is 40.3 Å². The number of amides is 2. The number of alkyl halides is 3. The lowest BCUT2D eigenvalue weighted by Crippen LogP contribution is -2.43. The summed E-state index contributed by atoms with van der Waals surface area (Å²) < 4.78 is 40.5. The molecule has 4 rings (SSSR count). The van der Waals surface area contributed by atoms with Crippen LogP contribution in [0.1, 0.15) is 40.7 Å². The Hall–Kier alpha value is -2.58. The molecule has 2 aliphatic rings. The normalized spacial score (nSPS) is 16.3. The predicted molar refractivity (Wildman–Crippen MR) is 131 cm³/mol. The standard InChI is InChI=1S/C27H35F3N4O/c1-32(2)14-15-34(19-23-6-3-4-9-25(23)27(28,29)30)26(35)31-16-21-7-5-8-22-18-33(13-12-24(21)22)17-20-10-11-20/h3-9,20H,10-19H2,1-2H3,(H,31,35). The fraction of sp³-hybridized carbons (Fsp3) is 0.519. The Kier molecular flexibility index (Phi) is 8.02. The molecule has 1 fully saturated rings. The van der Waals surface area contributed by atoms with Gasteiger partial charge in [0.15, 0.2) is 0 Å². The Balaban J connectivity index is 1.44. The minimum Gasteiger partial charge on any atom is -0.334 e. The zero-order valence-corrected chi connectivity index (χ0v) is 20.6. The molecule has 1 saturated carbocycles. The third-order valence-corrected chi connectivity index (χ3v) is 6.87. The van der Waals surface area contributed by atoms with Crippen molar-refractivity contribution in [2.45, 2.75) is 45.1 Å². The molecule has 0 unspecified atom stereocenters. The highest BCUT2D eigenvalue weighted by Crippen LogP contribution is 2.33. The van der Waals surface area contributed by atoms with Crippen molar-refractivity contribution >= 4 is 6.03 Å². The molecule has 0 radical (unpaired) electrons. The molecule has 1 aliphatic carbocycles. The SMILES string of the molecule is CN(C)CCN(Cc1ccccc1C(F)(F)F)C(=O)NCc1cccc2c1CCN(CC1CC1)C2. The molecule has 0 atom stereocenters. The average Bonchev–Trinajstić information content (AvgIpc) is 3.63. The minimum atomic E-state index is -4.46. The van der Waals surface area contributed by atoms with Crippen LogP contribution in [0.5, 0.6) is 0 Å². The number of halogens is 3. The summed E-state index contributed by atoms with van der Waals surface area (Å²) in [6.45, 7) is 4.28. The van der Waals surface area contributed by atoms with Crippen LogP contribution in [0.2, 0.25) is 0 Å². The molecule has 190 valence electrons. The summed E-state index contributed by atoms with van der Waals surface area (Å²) in [6, 6.07) is 11.4. The number of fused-ring (bicyclic) bond motifs is 1. The van der Waals surface area contributed by atoms with Crippen molar-refractivity contribution in [2.24, 2.45) is 5.92 Å². The number of urea groups is 1. The average molecular weight is 489 g/mol. The summed E-state index contributed by atoms with van der Waals surface area (Å²) in [5, 5.41) is 2.98. The minimum absolute atomic E-state index is 0.0988. The highest BCUT2D eigenvalue weighted by atomic mass is 19.4. The number of nitrogens with one attached hydrogen (secondary N) is 1. The smallest absolute Gasteiger partial charge is 0.334 e. The van der Waals surface area contributed by atoms with E-state index in [4.69, 9.17) is 0 Å². The predicted octanol–water partition coefficient (Wildman–Crippen LogP) is 4.75. The summed E-state index contributed by atoms with van der Waals surface area (Å²) in [6.07, 6.45) is -0.825. The van der Waals surface area contributed by atoms with Gasteiger partial charge in [-0.1, -0.05) is 36.4 Å². The van der Waals surface area contributed by atoms with Crippen LogP contribution in [-0.4, -0.2) is 61.0 Å². The van der Waals surface area contributed by atoms with E-state index >= 15 is 0 Å². The molecule has 5 nitrogen and oxygen atoms in total. The van der Waals surface area contributed by atoms with Gasteiger partial charge in [0.2, 0.25) is 0 Å². The van der Waals surface area contributed by atoms with Crippen LogP contribution in [0.4, 0.5) is 18.0 Å². The Morgan fingerprint density at radius 2 is 1.80 bits per heavy atom. The molecular weight excluding hydrogens is 453 g/mol. The molecule has 8 heteroatoms. The summed E-state index contributed by atoms with van der Waals surface area (Å²) in [5.41, 5.74) is 3.09. The van der Waals surface area contributed by atoms with Gasteiger partial charge in [-0.25, -0.2) is 4.79 Å². The molecule has 2 amide bonds. The van der Waals surface area contributed by atoms with Gasteiger partial charge in [-0.3, -0.25) is 4.90 Å². The summed E-state index contributed by atoms with van der Waals surface area (Å²) in [4.78, 5) is 19.1. The van der Waals surface area contributed by atoms with Gasteiger partial charge in [0.1, 0.15) is 0 Å². The molecule has 1 N–H and O–H groups in total. The number of rotatable bonds is 9. The third kappa shape index (κ3) is 6.98. The Labute approximate surface area is 205 Å².